The van der Waals surface area contributed by atoms with Crippen molar-refractivity contribution in [3.8, 4) is 0 Å². The van der Waals surface area contributed by atoms with Crippen LogP contribution in [0.15, 0.2) is 30.3 Å². The van der Waals surface area contributed by atoms with Gasteiger partial charge in [0.05, 0.1) is 6.10 Å². The van der Waals surface area contributed by atoms with Crippen LogP contribution in [-0.2, 0) is 20.9 Å². The number of carboxylic acids is 1. The van der Waals surface area contributed by atoms with Gasteiger partial charge in [-0.3, -0.25) is 4.79 Å². The topological polar surface area (TPSA) is 125 Å². The maximum absolute atomic E-state index is 12.3. The Labute approximate surface area is 152 Å². The number of ether oxygens (including phenoxy) is 1. The molecule has 0 fully saturated rings. The Kier molecular flexibility index (Phi) is 8.57. The smallest absolute Gasteiger partial charge is 0.408 e. The number of aliphatic carboxylic acids is 1. The highest BCUT2D eigenvalue weighted by Gasteiger charge is 2.32. The van der Waals surface area contributed by atoms with Gasteiger partial charge in [-0.2, -0.15) is 0 Å². The Hall–Kier alpha value is -2.61. The molecule has 144 valence electrons. The molecule has 26 heavy (non-hydrogen) atoms. The largest absolute Gasteiger partial charge is 0.480 e. The normalized spacial score (nSPS) is 15.2. The monoisotopic (exact) mass is 366 g/mol. The number of carbonyl (C=O) groups excluding carboxylic acids is 2. The van der Waals surface area contributed by atoms with Crippen molar-refractivity contribution in [1.82, 2.24) is 10.6 Å². The number of hydrogen-bond donors (Lipinski definition) is 4. The van der Waals surface area contributed by atoms with E-state index in [0.29, 0.717) is 6.42 Å². The van der Waals surface area contributed by atoms with Crippen molar-refractivity contribution in [2.24, 2.45) is 5.92 Å². The Bertz CT molecular complexity index is 605. The number of aliphatic hydroxyl groups is 1. The summed E-state index contributed by atoms with van der Waals surface area (Å²) in [7, 11) is 0. The molecule has 2 amide bonds. The third kappa shape index (κ3) is 6.72. The number of alkyl carbamates (subject to hydrolysis) is 1. The van der Waals surface area contributed by atoms with Gasteiger partial charge in [-0.25, -0.2) is 9.59 Å². The second-order valence-corrected chi connectivity index (χ2v) is 6.13. The lowest BCUT2D eigenvalue weighted by molar-refractivity contribution is -0.144. The first-order chi connectivity index (χ1) is 12.3. The number of nitrogens with one attached hydrogen (secondary N) is 2. The van der Waals surface area contributed by atoms with Crippen molar-refractivity contribution in [2.45, 2.75) is 52.0 Å². The number of carbonyl (C=O) groups is 3. The lowest BCUT2D eigenvalue weighted by atomic mass is 9.98. The average molecular weight is 366 g/mol. The quantitative estimate of drug-likeness (QED) is 0.522. The zero-order valence-corrected chi connectivity index (χ0v) is 15.1. The fourth-order valence-electron chi connectivity index (χ4n) is 2.22. The molecule has 0 unspecified atom stereocenters. The molecule has 1 rings (SSSR count). The van der Waals surface area contributed by atoms with E-state index in [2.05, 4.69) is 10.6 Å². The molecule has 1 aromatic rings. The van der Waals surface area contributed by atoms with E-state index in [4.69, 9.17) is 4.74 Å². The minimum atomic E-state index is -1.33. The maximum atomic E-state index is 12.3. The molecule has 8 nitrogen and oxygen atoms in total. The molecule has 0 aliphatic rings. The summed E-state index contributed by atoms with van der Waals surface area (Å²) in [4.78, 5) is 35.5. The van der Waals surface area contributed by atoms with Gasteiger partial charge in [-0.1, -0.05) is 50.6 Å². The lowest BCUT2D eigenvalue weighted by Gasteiger charge is -2.25. The van der Waals surface area contributed by atoms with Gasteiger partial charge in [-0.15, -0.1) is 0 Å². The third-order valence-electron chi connectivity index (χ3n) is 4.03. The number of aliphatic hydroxyl groups excluding tert-OH is 1. The Balaban J connectivity index is 2.67. The zero-order chi connectivity index (χ0) is 19.7. The summed E-state index contributed by atoms with van der Waals surface area (Å²) in [5.41, 5.74) is 0.767. The van der Waals surface area contributed by atoms with E-state index >= 15 is 0 Å². The summed E-state index contributed by atoms with van der Waals surface area (Å²) in [5.74, 6) is -2.27. The fourth-order valence-corrected chi connectivity index (χ4v) is 2.22. The molecule has 4 N–H and O–H groups in total. The molecule has 0 aliphatic carbocycles. The fraction of sp³-hybridized carbons (Fsp3) is 0.500. The predicted molar refractivity (Wildman–Crippen MR) is 94.3 cm³/mol. The summed E-state index contributed by atoms with van der Waals surface area (Å²) >= 11 is 0. The number of amides is 2. The predicted octanol–water partition coefficient (Wildman–Crippen LogP) is 1.28. The first-order valence-corrected chi connectivity index (χ1v) is 8.44. The van der Waals surface area contributed by atoms with E-state index < -0.39 is 36.2 Å². The molecule has 0 aromatic heterocycles. The van der Waals surface area contributed by atoms with Gasteiger partial charge in [0.1, 0.15) is 18.7 Å². The van der Waals surface area contributed by atoms with E-state index in [-0.39, 0.29) is 12.5 Å². The van der Waals surface area contributed by atoms with Crippen molar-refractivity contribution in [2.75, 3.05) is 0 Å². The van der Waals surface area contributed by atoms with E-state index in [1.54, 1.807) is 38.1 Å². The standard InChI is InChI=1S/C18H26N2O6/c1-4-11(2)14(17(23)24)19-16(22)15(12(3)21)20-18(25)26-10-13-8-6-5-7-9-13/h5-9,11-12,14-15,21H,4,10H2,1-3H3,(H,19,22)(H,20,25)(H,23,24)/t11-,12-,14+,15+/m1/s1. The number of rotatable bonds is 9. The van der Waals surface area contributed by atoms with Crippen LogP contribution in [0.3, 0.4) is 0 Å². The third-order valence-corrected chi connectivity index (χ3v) is 4.03. The highest BCUT2D eigenvalue weighted by atomic mass is 16.5. The van der Waals surface area contributed by atoms with Crippen molar-refractivity contribution in [3.05, 3.63) is 35.9 Å². The summed E-state index contributed by atoms with van der Waals surface area (Å²) in [5, 5.41) is 23.7. The molecule has 0 saturated heterocycles. The average Bonchev–Trinajstić information content (AvgIpc) is 2.61. The van der Waals surface area contributed by atoms with Gasteiger partial charge in [0, 0.05) is 0 Å². The SMILES string of the molecule is CC[C@@H](C)[C@H](NC(=O)[C@@H](NC(=O)OCc1ccccc1)[C@@H](C)O)C(=O)O. The van der Waals surface area contributed by atoms with Gasteiger partial charge < -0.3 is 25.6 Å². The van der Waals surface area contributed by atoms with Crippen LogP contribution in [0.4, 0.5) is 4.79 Å². The molecule has 1 aromatic carbocycles. The summed E-state index contributed by atoms with van der Waals surface area (Å²) in [6.07, 6.45) is -1.57. The van der Waals surface area contributed by atoms with Gasteiger partial charge >= 0.3 is 12.1 Å². The van der Waals surface area contributed by atoms with Crippen LogP contribution in [0.5, 0.6) is 0 Å². The maximum Gasteiger partial charge on any atom is 0.408 e. The molecule has 0 bridgehead atoms. The summed E-state index contributed by atoms with van der Waals surface area (Å²) in [6.45, 7) is 4.82. The Morgan fingerprint density at radius 3 is 2.19 bits per heavy atom. The summed E-state index contributed by atoms with van der Waals surface area (Å²) < 4.78 is 5.02. The highest BCUT2D eigenvalue weighted by molar-refractivity contribution is 5.89. The van der Waals surface area contributed by atoms with Gasteiger partial charge in [0.15, 0.2) is 0 Å². The van der Waals surface area contributed by atoms with E-state index in [0.717, 1.165) is 5.56 Å². The lowest BCUT2D eigenvalue weighted by Crippen LogP contribution is -2.57. The van der Waals surface area contributed by atoms with Crippen LogP contribution in [0.2, 0.25) is 0 Å². The van der Waals surface area contributed by atoms with E-state index in [9.17, 15) is 24.6 Å². The van der Waals surface area contributed by atoms with Crippen molar-refractivity contribution in [3.63, 3.8) is 0 Å². The molecule has 0 radical (unpaired) electrons. The molecular weight excluding hydrogens is 340 g/mol. The minimum Gasteiger partial charge on any atom is -0.480 e. The second kappa shape index (κ2) is 10.4. The van der Waals surface area contributed by atoms with Crippen LogP contribution >= 0.6 is 0 Å². The van der Waals surface area contributed by atoms with Crippen LogP contribution in [0.1, 0.15) is 32.8 Å². The summed E-state index contributed by atoms with van der Waals surface area (Å²) in [6, 6.07) is 6.52. The second-order valence-electron chi connectivity index (χ2n) is 6.13. The first kappa shape index (κ1) is 21.4. The molecule has 0 heterocycles. The van der Waals surface area contributed by atoms with E-state index in [1.165, 1.54) is 6.92 Å². The molecule has 0 spiro atoms. The molecule has 0 aliphatic heterocycles. The van der Waals surface area contributed by atoms with Crippen molar-refractivity contribution < 1.29 is 29.3 Å². The Morgan fingerprint density at radius 1 is 1.08 bits per heavy atom. The molecule has 8 heteroatoms. The van der Waals surface area contributed by atoms with Crippen molar-refractivity contribution in [1.29, 1.82) is 0 Å². The van der Waals surface area contributed by atoms with Crippen LogP contribution in [-0.4, -0.2) is 46.4 Å². The first-order valence-electron chi connectivity index (χ1n) is 8.44. The zero-order valence-electron chi connectivity index (χ0n) is 15.1. The van der Waals surface area contributed by atoms with Crippen LogP contribution < -0.4 is 10.6 Å². The molecular formula is C18H26N2O6. The van der Waals surface area contributed by atoms with Gasteiger partial charge in [-0.05, 0) is 18.4 Å². The van der Waals surface area contributed by atoms with Gasteiger partial charge in [0.25, 0.3) is 0 Å². The minimum absolute atomic E-state index is 0.00540. The molecule has 0 saturated carbocycles. The van der Waals surface area contributed by atoms with Crippen molar-refractivity contribution >= 4 is 18.0 Å². The highest BCUT2D eigenvalue weighted by Crippen LogP contribution is 2.09. The molecule has 4 atom stereocenters. The number of hydrogen-bond acceptors (Lipinski definition) is 5. The van der Waals surface area contributed by atoms with Gasteiger partial charge in [0.2, 0.25) is 5.91 Å². The Morgan fingerprint density at radius 2 is 1.69 bits per heavy atom. The van der Waals surface area contributed by atoms with Crippen LogP contribution in [0.25, 0.3) is 0 Å². The number of carboxylic acid groups (broad SMARTS) is 1. The number of benzene rings is 1. The van der Waals surface area contributed by atoms with Crippen LogP contribution in [0, 0.1) is 5.92 Å². The van der Waals surface area contributed by atoms with E-state index in [1.807, 2.05) is 6.07 Å².